The van der Waals surface area contributed by atoms with Crippen molar-refractivity contribution in [3.63, 3.8) is 0 Å². The molecule has 7 nitrogen and oxygen atoms in total. The fraction of sp³-hybridized carbons (Fsp3) is 0.222. The summed E-state index contributed by atoms with van der Waals surface area (Å²) in [6.45, 7) is 3.98. The number of amides is 1. The molecule has 0 atom stereocenters. The van der Waals surface area contributed by atoms with Gasteiger partial charge in [0, 0.05) is 18.7 Å². The molecular weight excluding hydrogens is 375 g/mol. The highest BCUT2D eigenvalue weighted by Crippen LogP contribution is 2.20. The van der Waals surface area contributed by atoms with Crippen LogP contribution >= 0.6 is 0 Å². The van der Waals surface area contributed by atoms with Crippen molar-refractivity contribution in [1.82, 2.24) is 4.31 Å². The normalized spacial score (nSPS) is 11.4. The zero-order valence-electron chi connectivity index (χ0n) is 14.8. The van der Waals surface area contributed by atoms with Gasteiger partial charge in [-0.1, -0.05) is 19.9 Å². The lowest BCUT2D eigenvalue weighted by Crippen LogP contribution is -2.30. The summed E-state index contributed by atoms with van der Waals surface area (Å²) in [5.41, 5.74) is -0.468. The molecule has 0 aromatic heterocycles. The average Bonchev–Trinajstić information content (AvgIpc) is 2.63. The van der Waals surface area contributed by atoms with Gasteiger partial charge < -0.3 is 10.4 Å². The summed E-state index contributed by atoms with van der Waals surface area (Å²) in [6.07, 6.45) is 0. The second-order valence-electron chi connectivity index (χ2n) is 5.57. The van der Waals surface area contributed by atoms with Crippen molar-refractivity contribution < 1.29 is 27.5 Å². The third-order valence-corrected chi connectivity index (χ3v) is 5.95. The van der Waals surface area contributed by atoms with Gasteiger partial charge in [-0.15, -0.1) is 0 Å². The topological polar surface area (TPSA) is 104 Å². The van der Waals surface area contributed by atoms with Crippen molar-refractivity contribution in [1.29, 1.82) is 0 Å². The number of halogens is 1. The van der Waals surface area contributed by atoms with Crippen LogP contribution in [0, 0.1) is 5.82 Å². The van der Waals surface area contributed by atoms with Crippen molar-refractivity contribution in [2.75, 3.05) is 18.4 Å². The fourth-order valence-corrected chi connectivity index (χ4v) is 4.01. The van der Waals surface area contributed by atoms with Crippen LogP contribution in [-0.2, 0) is 10.0 Å². The molecule has 0 saturated carbocycles. The van der Waals surface area contributed by atoms with E-state index in [1.165, 1.54) is 28.6 Å². The molecule has 0 aliphatic heterocycles. The lowest BCUT2D eigenvalue weighted by atomic mass is 10.1. The summed E-state index contributed by atoms with van der Waals surface area (Å²) in [6, 6.07) is 8.36. The minimum absolute atomic E-state index is 0.0314. The second-order valence-corrected chi connectivity index (χ2v) is 7.50. The quantitative estimate of drug-likeness (QED) is 0.752. The van der Waals surface area contributed by atoms with Crippen LogP contribution in [0.15, 0.2) is 47.4 Å². The Morgan fingerprint density at radius 1 is 1.11 bits per heavy atom. The molecule has 0 saturated heterocycles. The van der Waals surface area contributed by atoms with Crippen molar-refractivity contribution in [2.45, 2.75) is 18.7 Å². The van der Waals surface area contributed by atoms with Crippen molar-refractivity contribution in [3.8, 4) is 0 Å². The van der Waals surface area contributed by atoms with Crippen LogP contribution < -0.4 is 5.32 Å². The summed E-state index contributed by atoms with van der Waals surface area (Å²) >= 11 is 0. The zero-order valence-corrected chi connectivity index (χ0v) is 15.6. The standard InChI is InChI=1S/C18H19FN2O5S/c1-3-21(4-2)27(25,26)14-7-5-6-12(10-14)17(22)20-16-9-8-13(19)11-15(16)18(23)24/h5-11H,3-4H2,1-2H3,(H,20,22)(H,23,24). The number of aromatic carboxylic acids is 1. The van der Waals surface area contributed by atoms with Gasteiger partial charge in [-0.3, -0.25) is 4.79 Å². The SMILES string of the molecule is CCN(CC)S(=O)(=O)c1cccc(C(=O)Nc2ccc(F)cc2C(=O)O)c1. The van der Waals surface area contributed by atoms with E-state index in [1.54, 1.807) is 13.8 Å². The van der Waals surface area contributed by atoms with Gasteiger partial charge in [0.1, 0.15) is 5.82 Å². The Morgan fingerprint density at radius 3 is 2.37 bits per heavy atom. The number of hydrogen-bond acceptors (Lipinski definition) is 4. The molecular formula is C18H19FN2O5S. The number of nitrogens with one attached hydrogen (secondary N) is 1. The Morgan fingerprint density at radius 2 is 1.78 bits per heavy atom. The largest absolute Gasteiger partial charge is 0.478 e. The summed E-state index contributed by atoms with van der Waals surface area (Å²) in [4.78, 5) is 23.6. The maximum absolute atomic E-state index is 13.2. The van der Waals surface area contributed by atoms with Crippen LogP contribution in [0.25, 0.3) is 0 Å². The van der Waals surface area contributed by atoms with Crippen LogP contribution in [0.5, 0.6) is 0 Å². The minimum Gasteiger partial charge on any atom is -0.478 e. The van der Waals surface area contributed by atoms with E-state index >= 15 is 0 Å². The van der Waals surface area contributed by atoms with E-state index in [4.69, 9.17) is 5.11 Å². The van der Waals surface area contributed by atoms with E-state index in [0.717, 1.165) is 18.2 Å². The Balaban J connectivity index is 2.36. The summed E-state index contributed by atoms with van der Waals surface area (Å²) < 4.78 is 39.7. The van der Waals surface area contributed by atoms with Gasteiger partial charge in [0.2, 0.25) is 10.0 Å². The Labute approximate surface area is 156 Å². The Bertz CT molecular complexity index is 971. The van der Waals surface area contributed by atoms with Gasteiger partial charge in [0.15, 0.2) is 0 Å². The number of carbonyl (C=O) groups is 2. The van der Waals surface area contributed by atoms with Crippen LogP contribution in [0.4, 0.5) is 10.1 Å². The van der Waals surface area contributed by atoms with E-state index < -0.39 is 33.3 Å². The number of hydrogen-bond donors (Lipinski definition) is 2. The van der Waals surface area contributed by atoms with E-state index in [-0.39, 0.29) is 29.2 Å². The molecule has 0 aliphatic rings. The molecule has 0 aliphatic carbocycles. The van der Waals surface area contributed by atoms with Crippen molar-refractivity contribution in [3.05, 3.63) is 59.4 Å². The maximum Gasteiger partial charge on any atom is 0.337 e. The third-order valence-electron chi connectivity index (χ3n) is 3.90. The Hall–Kier alpha value is -2.78. The van der Waals surface area contributed by atoms with E-state index in [0.29, 0.717) is 0 Å². The maximum atomic E-state index is 13.2. The monoisotopic (exact) mass is 394 g/mol. The number of carbonyl (C=O) groups excluding carboxylic acids is 1. The molecule has 2 aromatic carbocycles. The van der Waals surface area contributed by atoms with E-state index in [9.17, 15) is 22.4 Å². The predicted octanol–water partition coefficient (Wildman–Crippen LogP) is 2.81. The summed E-state index contributed by atoms with van der Waals surface area (Å²) in [5, 5.41) is 11.5. The molecule has 9 heteroatoms. The highest BCUT2D eigenvalue weighted by atomic mass is 32.2. The lowest BCUT2D eigenvalue weighted by molar-refractivity contribution is 0.0697. The first-order valence-electron chi connectivity index (χ1n) is 8.15. The predicted molar refractivity (Wildman–Crippen MR) is 97.9 cm³/mol. The molecule has 0 radical (unpaired) electrons. The Kier molecular flexibility index (Phi) is 6.29. The van der Waals surface area contributed by atoms with Gasteiger partial charge >= 0.3 is 5.97 Å². The van der Waals surface area contributed by atoms with Crippen LogP contribution in [0.1, 0.15) is 34.6 Å². The molecule has 144 valence electrons. The number of carboxylic acids is 1. The highest BCUT2D eigenvalue weighted by Gasteiger charge is 2.23. The van der Waals surface area contributed by atoms with Crippen molar-refractivity contribution in [2.24, 2.45) is 0 Å². The van der Waals surface area contributed by atoms with Crippen molar-refractivity contribution >= 4 is 27.6 Å². The first-order valence-corrected chi connectivity index (χ1v) is 9.59. The molecule has 0 unspecified atom stereocenters. The number of anilines is 1. The van der Waals surface area contributed by atoms with E-state index in [1.807, 2.05) is 0 Å². The number of sulfonamides is 1. The summed E-state index contributed by atoms with van der Waals surface area (Å²) in [7, 11) is -3.75. The molecule has 0 fully saturated rings. The summed E-state index contributed by atoms with van der Waals surface area (Å²) in [5.74, 6) is -2.86. The second kappa shape index (κ2) is 8.28. The first kappa shape index (κ1) is 20.5. The molecule has 0 spiro atoms. The zero-order chi connectivity index (χ0) is 20.2. The van der Waals surface area contributed by atoms with Crippen LogP contribution in [-0.4, -0.2) is 42.8 Å². The lowest BCUT2D eigenvalue weighted by Gasteiger charge is -2.18. The fourth-order valence-electron chi connectivity index (χ4n) is 2.51. The average molecular weight is 394 g/mol. The van der Waals surface area contributed by atoms with Crippen LogP contribution in [0.3, 0.4) is 0 Å². The number of benzene rings is 2. The third kappa shape index (κ3) is 4.50. The number of nitrogens with zero attached hydrogens (tertiary/aromatic N) is 1. The van der Waals surface area contributed by atoms with Crippen LogP contribution in [0.2, 0.25) is 0 Å². The van der Waals surface area contributed by atoms with Gasteiger partial charge in [0.25, 0.3) is 5.91 Å². The molecule has 27 heavy (non-hydrogen) atoms. The van der Waals surface area contributed by atoms with Gasteiger partial charge in [-0.25, -0.2) is 17.6 Å². The van der Waals surface area contributed by atoms with Gasteiger partial charge in [-0.2, -0.15) is 4.31 Å². The minimum atomic E-state index is -3.75. The molecule has 1 amide bonds. The molecule has 0 heterocycles. The molecule has 2 rings (SSSR count). The highest BCUT2D eigenvalue weighted by molar-refractivity contribution is 7.89. The first-order chi connectivity index (χ1) is 12.7. The number of rotatable bonds is 7. The van der Waals surface area contributed by atoms with Gasteiger partial charge in [0.05, 0.1) is 16.1 Å². The molecule has 2 N–H and O–H groups in total. The van der Waals surface area contributed by atoms with Gasteiger partial charge in [-0.05, 0) is 36.4 Å². The molecule has 2 aromatic rings. The molecule has 0 bridgehead atoms. The smallest absolute Gasteiger partial charge is 0.337 e. The number of carboxylic acid groups (broad SMARTS) is 1. The van der Waals surface area contributed by atoms with E-state index in [2.05, 4.69) is 5.32 Å².